The van der Waals surface area contributed by atoms with E-state index >= 15 is 0 Å². The van der Waals surface area contributed by atoms with Gasteiger partial charge in [-0.2, -0.15) is 0 Å². The number of rotatable bonds is 10. The number of benzene rings is 1. The van der Waals surface area contributed by atoms with Gasteiger partial charge in [-0.3, -0.25) is 4.48 Å². The number of hydrogen-bond donors (Lipinski definition) is 1. The monoisotopic (exact) mass is 378 g/mol. The van der Waals surface area contributed by atoms with E-state index in [1.54, 1.807) is 0 Å². The van der Waals surface area contributed by atoms with Crippen molar-refractivity contribution < 1.29 is 14.0 Å². The fourth-order valence-electron chi connectivity index (χ4n) is 3.76. The molecule has 1 aliphatic rings. The Morgan fingerprint density at radius 2 is 1.85 bits per heavy atom. The van der Waals surface area contributed by atoms with E-state index in [0.717, 1.165) is 57.4 Å². The summed E-state index contributed by atoms with van der Waals surface area (Å²) in [5, 5.41) is 3.02. The third-order valence-corrected chi connectivity index (χ3v) is 5.47. The highest BCUT2D eigenvalue weighted by Gasteiger charge is 2.36. The van der Waals surface area contributed by atoms with E-state index in [1.165, 1.54) is 25.0 Å². The lowest BCUT2D eigenvalue weighted by molar-refractivity contribution is -0.108. The van der Waals surface area contributed by atoms with Crippen molar-refractivity contribution in [3.05, 3.63) is 30.1 Å². The zero-order valence-electron chi connectivity index (χ0n) is 16.5. The number of quaternary nitrogens is 1. The molecule has 1 N–H and O–H groups in total. The van der Waals surface area contributed by atoms with E-state index in [4.69, 9.17) is 0 Å². The highest BCUT2D eigenvalue weighted by atomic mass is 19.1. The topological polar surface area (TPSA) is 49.4 Å². The SMILES string of the molecule is CCCCCCNC(=O)N1CC[N+](CCCC=O)(c2ccc(F)cc2)CC1. The van der Waals surface area contributed by atoms with Crippen LogP contribution in [-0.2, 0) is 4.79 Å². The van der Waals surface area contributed by atoms with E-state index in [0.29, 0.717) is 24.0 Å². The number of unbranched alkanes of at least 4 members (excludes halogenated alkanes) is 4. The first-order valence-corrected chi connectivity index (χ1v) is 10.2. The Morgan fingerprint density at radius 3 is 2.48 bits per heavy atom. The van der Waals surface area contributed by atoms with Crippen molar-refractivity contribution in [2.75, 3.05) is 39.3 Å². The average molecular weight is 379 g/mol. The molecule has 1 aromatic rings. The van der Waals surface area contributed by atoms with Crippen molar-refractivity contribution >= 4 is 18.0 Å². The Bertz CT molecular complexity index is 584. The molecule has 1 aromatic carbocycles. The lowest BCUT2D eigenvalue weighted by Crippen LogP contribution is -2.63. The molecule has 1 saturated heterocycles. The van der Waals surface area contributed by atoms with Gasteiger partial charge in [0.2, 0.25) is 0 Å². The molecule has 0 unspecified atom stereocenters. The molecule has 0 aromatic heterocycles. The van der Waals surface area contributed by atoms with Gasteiger partial charge in [-0.1, -0.05) is 26.2 Å². The second kappa shape index (κ2) is 11.0. The lowest BCUT2D eigenvalue weighted by Gasteiger charge is -2.44. The molecule has 150 valence electrons. The van der Waals surface area contributed by atoms with Crippen molar-refractivity contribution in [2.45, 2.75) is 45.4 Å². The maximum absolute atomic E-state index is 13.3. The summed E-state index contributed by atoms with van der Waals surface area (Å²) in [4.78, 5) is 25.0. The molecule has 1 heterocycles. The van der Waals surface area contributed by atoms with Crippen LogP contribution in [0.25, 0.3) is 0 Å². The summed E-state index contributed by atoms with van der Waals surface area (Å²) in [5.41, 5.74) is 1.06. The molecule has 5 nitrogen and oxygen atoms in total. The van der Waals surface area contributed by atoms with Crippen LogP contribution in [0.2, 0.25) is 0 Å². The Kier molecular flexibility index (Phi) is 8.72. The molecular weight excluding hydrogens is 345 g/mol. The molecule has 1 aliphatic heterocycles. The van der Waals surface area contributed by atoms with E-state index in [9.17, 15) is 14.0 Å². The van der Waals surface area contributed by atoms with Crippen LogP contribution in [0.5, 0.6) is 0 Å². The minimum absolute atomic E-state index is 0.0105. The lowest BCUT2D eigenvalue weighted by atomic mass is 10.1. The Labute approximate surface area is 162 Å². The summed E-state index contributed by atoms with van der Waals surface area (Å²) in [6, 6.07) is 6.66. The van der Waals surface area contributed by atoms with E-state index in [1.807, 2.05) is 17.0 Å². The van der Waals surface area contributed by atoms with Gasteiger partial charge in [0.1, 0.15) is 30.9 Å². The first kappa shape index (κ1) is 21.4. The van der Waals surface area contributed by atoms with Gasteiger partial charge in [-0.05, 0) is 18.6 Å². The number of carbonyl (C=O) groups is 2. The Balaban J connectivity index is 1.92. The van der Waals surface area contributed by atoms with Crippen LogP contribution in [0, 0.1) is 5.82 Å². The first-order valence-electron chi connectivity index (χ1n) is 10.2. The van der Waals surface area contributed by atoms with Crippen molar-refractivity contribution in [3.8, 4) is 0 Å². The molecule has 0 radical (unpaired) electrons. The summed E-state index contributed by atoms with van der Waals surface area (Å²) < 4.78 is 14.0. The van der Waals surface area contributed by atoms with Gasteiger partial charge in [0.25, 0.3) is 0 Å². The van der Waals surface area contributed by atoms with Crippen LogP contribution in [0.1, 0.15) is 45.4 Å². The van der Waals surface area contributed by atoms with Crippen LogP contribution in [-0.4, -0.2) is 56.5 Å². The van der Waals surface area contributed by atoms with Crippen LogP contribution in [0.3, 0.4) is 0 Å². The van der Waals surface area contributed by atoms with Crippen LogP contribution in [0.4, 0.5) is 14.9 Å². The smallest absolute Gasteiger partial charge is 0.317 e. The number of nitrogens with zero attached hydrogens (tertiary/aromatic N) is 2. The van der Waals surface area contributed by atoms with Crippen molar-refractivity contribution in [1.29, 1.82) is 0 Å². The molecule has 0 spiro atoms. The quantitative estimate of drug-likeness (QED) is 0.383. The largest absolute Gasteiger partial charge is 0.338 e. The Morgan fingerprint density at radius 1 is 1.15 bits per heavy atom. The van der Waals surface area contributed by atoms with E-state index < -0.39 is 0 Å². The predicted molar refractivity (Wildman–Crippen MR) is 107 cm³/mol. The van der Waals surface area contributed by atoms with E-state index in [2.05, 4.69) is 12.2 Å². The highest BCUT2D eigenvalue weighted by Crippen LogP contribution is 2.27. The zero-order valence-corrected chi connectivity index (χ0v) is 16.5. The molecule has 6 heteroatoms. The van der Waals surface area contributed by atoms with Gasteiger partial charge in [-0.25, -0.2) is 9.18 Å². The fraction of sp³-hybridized carbons (Fsp3) is 0.619. The van der Waals surface area contributed by atoms with E-state index in [-0.39, 0.29) is 11.8 Å². The highest BCUT2D eigenvalue weighted by molar-refractivity contribution is 5.74. The number of carbonyl (C=O) groups excluding carboxylic acids is 2. The van der Waals surface area contributed by atoms with Crippen molar-refractivity contribution in [1.82, 2.24) is 14.7 Å². The Hall–Kier alpha value is -1.95. The number of nitrogens with one attached hydrogen (secondary N) is 1. The second-order valence-electron chi connectivity index (χ2n) is 7.38. The minimum atomic E-state index is -0.245. The van der Waals surface area contributed by atoms with Crippen LogP contribution < -0.4 is 9.80 Å². The number of amides is 2. The molecule has 1 fully saturated rings. The first-order chi connectivity index (χ1) is 13.1. The number of urea groups is 1. The van der Waals surface area contributed by atoms with Crippen molar-refractivity contribution in [3.63, 3.8) is 0 Å². The minimum Gasteiger partial charge on any atom is -0.338 e. The number of halogens is 1. The predicted octanol–water partition coefficient (Wildman–Crippen LogP) is 3.72. The van der Waals surface area contributed by atoms with Gasteiger partial charge >= 0.3 is 6.03 Å². The van der Waals surface area contributed by atoms with Gasteiger partial charge in [-0.15, -0.1) is 0 Å². The summed E-state index contributed by atoms with van der Waals surface area (Å²) in [6.45, 7) is 6.64. The standard InChI is InChI=1S/C21H32FN3O2/c1-2-3-4-5-12-23-21(27)24-13-16-25(17-14-24,15-6-7-18-26)20-10-8-19(22)9-11-20/h8-11,18H,2-7,12-17H2,1H3/p+1. The second-order valence-corrected chi connectivity index (χ2v) is 7.38. The molecule has 27 heavy (non-hydrogen) atoms. The maximum Gasteiger partial charge on any atom is 0.317 e. The molecule has 0 bridgehead atoms. The molecule has 0 saturated carbocycles. The molecule has 2 rings (SSSR count). The van der Waals surface area contributed by atoms with Crippen LogP contribution >= 0.6 is 0 Å². The van der Waals surface area contributed by atoms with Gasteiger partial charge in [0, 0.05) is 31.5 Å². The third kappa shape index (κ3) is 6.31. The van der Waals surface area contributed by atoms with Gasteiger partial charge in [0.05, 0.1) is 19.6 Å². The summed E-state index contributed by atoms with van der Waals surface area (Å²) in [6.07, 6.45) is 6.84. The summed E-state index contributed by atoms with van der Waals surface area (Å²) in [5.74, 6) is -0.245. The number of hydrogen-bond acceptors (Lipinski definition) is 2. The fourth-order valence-corrected chi connectivity index (χ4v) is 3.76. The molecule has 2 amide bonds. The molecule has 0 aliphatic carbocycles. The number of piperazine rings is 1. The maximum atomic E-state index is 13.3. The van der Waals surface area contributed by atoms with Crippen LogP contribution in [0.15, 0.2) is 24.3 Å². The normalized spacial score (nSPS) is 16.1. The average Bonchev–Trinajstić information content (AvgIpc) is 2.69. The third-order valence-electron chi connectivity index (χ3n) is 5.47. The van der Waals surface area contributed by atoms with Gasteiger partial charge < -0.3 is 15.0 Å². The zero-order chi connectivity index (χ0) is 19.5. The molecular formula is C21H33FN3O2+. The molecule has 0 atom stereocenters. The van der Waals surface area contributed by atoms with Crippen molar-refractivity contribution in [2.24, 2.45) is 0 Å². The van der Waals surface area contributed by atoms with Gasteiger partial charge in [0.15, 0.2) is 0 Å². The number of aldehydes is 1. The summed E-state index contributed by atoms with van der Waals surface area (Å²) in [7, 11) is 0. The summed E-state index contributed by atoms with van der Waals surface area (Å²) >= 11 is 0.